The van der Waals surface area contributed by atoms with Crippen molar-refractivity contribution < 1.29 is 0 Å². The highest BCUT2D eigenvalue weighted by Gasteiger charge is 2.15. The maximum atomic E-state index is 11.9. The van der Waals surface area contributed by atoms with Crippen LogP contribution < -0.4 is 10.3 Å². The predicted molar refractivity (Wildman–Crippen MR) is 86.3 cm³/mol. The van der Waals surface area contributed by atoms with Crippen molar-refractivity contribution in [3.63, 3.8) is 0 Å². The Labute approximate surface area is 121 Å². The van der Waals surface area contributed by atoms with E-state index in [9.17, 15) is 4.79 Å². The van der Waals surface area contributed by atoms with E-state index >= 15 is 0 Å². The lowest BCUT2D eigenvalue weighted by Gasteiger charge is -2.15. The standard InChI is InChI=1S/C16H16N2OS/c1-9-7-13(19)10(2)16-15(9)17-12-6-5-11(18(3)4)8-14(12)20-16/h5-8H,1-4H3. The fourth-order valence-electron chi connectivity index (χ4n) is 2.29. The van der Waals surface area contributed by atoms with Gasteiger partial charge in [0.15, 0.2) is 5.43 Å². The van der Waals surface area contributed by atoms with Gasteiger partial charge in [-0.05, 0) is 43.7 Å². The zero-order valence-electron chi connectivity index (χ0n) is 12.0. The van der Waals surface area contributed by atoms with Crippen LogP contribution in [-0.4, -0.2) is 19.1 Å². The zero-order valence-corrected chi connectivity index (χ0v) is 12.8. The molecule has 1 aliphatic carbocycles. The summed E-state index contributed by atoms with van der Waals surface area (Å²) in [5.74, 6) is 0. The summed E-state index contributed by atoms with van der Waals surface area (Å²) in [6.45, 7) is 3.83. The molecule has 0 spiro atoms. The van der Waals surface area contributed by atoms with Crippen molar-refractivity contribution in [2.24, 2.45) is 0 Å². The van der Waals surface area contributed by atoms with Crippen molar-refractivity contribution in [3.8, 4) is 10.6 Å². The Hall–Kier alpha value is -1.94. The van der Waals surface area contributed by atoms with Crippen molar-refractivity contribution in [1.29, 1.82) is 0 Å². The van der Waals surface area contributed by atoms with Crippen LogP contribution in [0.15, 0.2) is 29.1 Å². The Morgan fingerprint density at radius 2 is 1.90 bits per heavy atom. The summed E-state index contributed by atoms with van der Waals surface area (Å²) in [5, 5.41) is 0. The Kier molecular flexibility index (Phi) is 2.98. The van der Waals surface area contributed by atoms with Crippen molar-refractivity contribution in [3.05, 3.63) is 45.6 Å². The number of nitrogens with zero attached hydrogens (tertiary/aromatic N) is 2. The van der Waals surface area contributed by atoms with Gasteiger partial charge in [-0.1, -0.05) is 0 Å². The van der Waals surface area contributed by atoms with Crippen LogP contribution in [0.5, 0.6) is 0 Å². The average molecular weight is 284 g/mol. The summed E-state index contributed by atoms with van der Waals surface area (Å²) in [6, 6.07) is 7.91. The molecule has 1 aromatic rings. The van der Waals surface area contributed by atoms with E-state index in [-0.39, 0.29) is 5.43 Å². The minimum absolute atomic E-state index is 0.0937. The van der Waals surface area contributed by atoms with Gasteiger partial charge in [-0.2, -0.15) is 0 Å². The molecule has 0 aromatic heterocycles. The molecule has 4 heteroatoms. The normalized spacial score (nSPS) is 11.2. The molecule has 0 radical (unpaired) electrons. The van der Waals surface area contributed by atoms with Gasteiger partial charge in [0.05, 0.1) is 20.8 Å². The second-order valence-corrected chi connectivity index (χ2v) is 6.31. The van der Waals surface area contributed by atoms with E-state index in [4.69, 9.17) is 4.98 Å². The lowest BCUT2D eigenvalue weighted by molar-refractivity contribution is 1.13. The lowest BCUT2D eigenvalue weighted by atomic mass is 10.1. The fourth-order valence-corrected chi connectivity index (χ4v) is 3.47. The first-order chi connectivity index (χ1) is 9.47. The van der Waals surface area contributed by atoms with E-state index in [1.165, 1.54) is 0 Å². The summed E-state index contributed by atoms with van der Waals surface area (Å²) in [6.07, 6.45) is 0. The maximum absolute atomic E-state index is 11.9. The van der Waals surface area contributed by atoms with Gasteiger partial charge >= 0.3 is 0 Å². The molecule has 0 bridgehead atoms. The molecule has 0 atom stereocenters. The molecule has 0 saturated heterocycles. The summed E-state index contributed by atoms with van der Waals surface area (Å²) in [5.41, 5.74) is 4.90. The topological polar surface area (TPSA) is 33.2 Å². The van der Waals surface area contributed by atoms with Crippen LogP contribution in [0.2, 0.25) is 0 Å². The Balaban J connectivity index is 2.41. The van der Waals surface area contributed by atoms with Gasteiger partial charge in [0.1, 0.15) is 0 Å². The molecule has 20 heavy (non-hydrogen) atoms. The first-order valence-corrected chi connectivity index (χ1v) is 7.31. The minimum Gasteiger partial charge on any atom is -0.378 e. The molecule has 1 aromatic carbocycles. The molecule has 102 valence electrons. The number of hydrogen-bond acceptors (Lipinski definition) is 4. The van der Waals surface area contributed by atoms with Gasteiger partial charge in [0.25, 0.3) is 0 Å². The smallest absolute Gasteiger partial charge is 0.183 e. The van der Waals surface area contributed by atoms with Gasteiger partial charge in [-0.25, -0.2) is 4.98 Å². The Morgan fingerprint density at radius 3 is 2.60 bits per heavy atom. The third-order valence-corrected chi connectivity index (χ3v) is 4.80. The highest BCUT2D eigenvalue weighted by molar-refractivity contribution is 7.21. The van der Waals surface area contributed by atoms with Crippen molar-refractivity contribution >= 4 is 27.2 Å². The number of aryl methyl sites for hydroxylation is 1. The molecular formula is C16H16N2OS. The molecule has 1 heterocycles. The van der Waals surface area contributed by atoms with Crippen LogP contribution in [0.25, 0.3) is 20.8 Å². The molecule has 0 unspecified atom stereocenters. The highest BCUT2D eigenvalue weighted by Crippen LogP contribution is 2.35. The molecule has 3 nitrogen and oxygen atoms in total. The SMILES string of the molecule is Cc1cc(=O)c(C)c2sc3cc(N(C)C)ccc3nc1-2. The summed E-state index contributed by atoms with van der Waals surface area (Å²) < 4.78 is 1.11. The van der Waals surface area contributed by atoms with E-state index in [1.807, 2.05) is 34.0 Å². The second-order valence-electron chi connectivity index (χ2n) is 5.25. The molecule has 1 aliphatic heterocycles. The van der Waals surface area contributed by atoms with Gasteiger partial charge < -0.3 is 4.90 Å². The van der Waals surface area contributed by atoms with Gasteiger partial charge in [0.2, 0.25) is 0 Å². The first kappa shape index (κ1) is 13.1. The van der Waals surface area contributed by atoms with Gasteiger partial charge in [-0.15, -0.1) is 11.3 Å². The summed E-state index contributed by atoms with van der Waals surface area (Å²) in [7, 11) is 4.04. The van der Waals surface area contributed by atoms with Crippen molar-refractivity contribution in [1.82, 2.24) is 4.98 Å². The quantitative estimate of drug-likeness (QED) is 0.642. The van der Waals surface area contributed by atoms with E-state index in [1.54, 1.807) is 17.4 Å². The number of fused-ring (bicyclic) bond motifs is 2. The van der Waals surface area contributed by atoms with Crippen LogP contribution in [0.3, 0.4) is 0 Å². The van der Waals surface area contributed by atoms with E-state index in [2.05, 4.69) is 17.0 Å². The van der Waals surface area contributed by atoms with Gasteiger partial charge in [-0.3, -0.25) is 4.79 Å². The number of anilines is 1. The molecule has 0 N–H and O–H groups in total. The van der Waals surface area contributed by atoms with E-state index in [0.29, 0.717) is 0 Å². The Bertz CT molecular complexity index is 836. The zero-order chi connectivity index (χ0) is 14.4. The average Bonchev–Trinajstić information content (AvgIpc) is 2.42. The molecule has 0 saturated carbocycles. The molecule has 0 amide bonds. The predicted octanol–water partition coefficient (Wildman–Crippen LogP) is 3.44. The number of rotatable bonds is 1. The second kappa shape index (κ2) is 4.56. The van der Waals surface area contributed by atoms with Gasteiger partial charge in [0, 0.05) is 25.3 Å². The van der Waals surface area contributed by atoms with Crippen LogP contribution >= 0.6 is 11.3 Å². The monoisotopic (exact) mass is 284 g/mol. The molecule has 2 aliphatic rings. The lowest BCUT2D eigenvalue weighted by Crippen LogP contribution is -2.09. The first-order valence-electron chi connectivity index (χ1n) is 6.49. The summed E-state index contributed by atoms with van der Waals surface area (Å²) in [4.78, 5) is 19.7. The van der Waals surface area contributed by atoms with Crippen LogP contribution in [0.1, 0.15) is 11.1 Å². The minimum atomic E-state index is 0.0937. The van der Waals surface area contributed by atoms with Crippen LogP contribution in [0.4, 0.5) is 5.69 Å². The van der Waals surface area contributed by atoms with E-state index in [0.717, 1.165) is 37.6 Å². The third-order valence-electron chi connectivity index (χ3n) is 3.55. The number of hydrogen-bond donors (Lipinski definition) is 0. The fraction of sp³-hybridized carbons (Fsp3) is 0.250. The largest absolute Gasteiger partial charge is 0.378 e. The van der Waals surface area contributed by atoms with E-state index < -0.39 is 0 Å². The third kappa shape index (κ3) is 1.96. The highest BCUT2D eigenvalue weighted by atomic mass is 32.1. The van der Waals surface area contributed by atoms with Crippen molar-refractivity contribution in [2.75, 3.05) is 19.0 Å². The van der Waals surface area contributed by atoms with Crippen molar-refractivity contribution in [2.45, 2.75) is 13.8 Å². The number of benzene rings is 2. The molecule has 3 rings (SSSR count). The molecular weight excluding hydrogens is 268 g/mol. The number of aromatic nitrogens is 1. The van der Waals surface area contributed by atoms with Crippen LogP contribution in [-0.2, 0) is 0 Å². The van der Waals surface area contributed by atoms with Crippen LogP contribution in [0, 0.1) is 13.8 Å². The molecule has 0 fully saturated rings. The maximum Gasteiger partial charge on any atom is 0.183 e. The summed E-state index contributed by atoms with van der Waals surface area (Å²) >= 11 is 1.65. The Morgan fingerprint density at radius 1 is 1.15 bits per heavy atom.